The van der Waals surface area contributed by atoms with Gasteiger partial charge in [-0.25, -0.2) is 4.79 Å². The maximum Gasteiger partial charge on any atom is 0.335 e. The quantitative estimate of drug-likeness (QED) is 0.687. The molecule has 0 radical (unpaired) electrons. The topological polar surface area (TPSA) is 92.4 Å². The molecule has 116 valence electrons. The van der Waals surface area contributed by atoms with Gasteiger partial charge in [-0.1, -0.05) is 24.9 Å². The Labute approximate surface area is 129 Å². The second kappa shape index (κ2) is 8.64. The van der Waals surface area contributed by atoms with Gasteiger partial charge in [0.1, 0.15) is 0 Å². The molecule has 0 aliphatic carbocycles. The van der Waals surface area contributed by atoms with Crippen molar-refractivity contribution >= 4 is 29.2 Å². The number of carboxylic acids is 1. The van der Waals surface area contributed by atoms with Crippen molar-refractivity contribution < 1.29 is 14.7 Å². The molecule has 0 spiro atoms. The zero-order valence-electron chi connectivity index (χ0n) is 12.1. The van der Waals surface area contributed by atoms with Crippen LogP contribution in [0.4, 0.5) is 5.69 Å². The third-order valence-electron chi connectivity index (χ3n) is 3.42. The lowest BCUT2D eigenvalue weighted by molar-refractivity contribution is -0.116. The highest BCUT2D eigenvalue weighted by Crippen LogP contribution is 2.24. The van der Waals surface area contributed by atoms with Crippen molar-refractivity contribution in [3.05, 3.63) is 28.8 Å². The molecule has 1 aromatic rings. The van der Waals surface area contributed by atoms with Crippen LogP contribution in [0.25, 0.3) is 0 Å². The van der Waals surface area contributed by atoms with Crippen LogP contribution in [-0.2, 0) is 4.79 Å². The summed E-state index contributed by atoms with van der Waals surface area (Å²) in [6.45, 7) is 2.69. The zero-order valence-corrected chi connectivity index (χ0v) is 12.8. The van der Waals surface area contributed by atoms with E-state index in [0.717, 1.165) is 19.3 Å². The van der Waals surface area contributed by atoms with E-state index < -0.39 is 5.97 Å². The van der Waals surface area contributed by atoms with E-state index in [1.807, 2.05) is 0 Å². The highest BCUT2D eigenvalue weighted by atomic mass is 35.5. The second-order valence-electron chi connectivity index (χ2n) is 4.94. The van der Waals surface area contributed by atoms with E-state index in [9.17, 15) is 9.59 Å². The number of halogens is 1. The number of anilines is 1. The van der Waals surface area contributed by atoms with Gasteiger partial charge in [0.25, 0.3) is 0 Å². The van der Waals surface area contributed by atoms with Crippen LogP contribution in [0.15, 0.2) is 18.2 Å². The van der Waals surface area contributed by atoms with Crippen LogP contribution in [0, 0.1) is 5.92 Å². The summed E-state index contributed by atoms with van der Waals surface area (Å²) in [5.41, 5.74) is 5.94. The van der Waals surface area contributed by atoms with Crippen LogP contribution < -0.4 is 11.1 Å². The third kappa shape index (κ3) is 5.73. The van der Waals surface area contributed by atoms with Crippen molar-refractivity contribution in [2.75, 3.05) is 11.9 Å². The Bertz CT molecular complexity index is 506. The number of benzene rings is 1. The van der Waals surface area contributed by atoms with Gasteiger partial charge in [-0.2, -0.15) is 0 Å². The molecule has 1 aromatic carbocycles. The first-order valence-electron chi connectivity index (χ1n) is 7.00. The molecule has 1 unspecified atom stereocenters. The monoisotopic (exact) mass is 312 g/mol. The van der Waals surface area contributed by atoms with Crippen LogP contribution in [0.1, 0.15) is 43.0 Å². The van der Waals surface area contributed by atoms with Crippen molar-refractivity contribution in [1.29, 1.82) is 0 Å². The number of aromatic carboxylic acids is 1. The SMILES string of the molecule is CCC(CCN)CCC(=O)Nc1cc(C(=O)O)ccc1Cl. The first-order valence-corrected chi connectivity index (χ1v) is 7.38. The smallest absolute Gasteiger partial charge is 0.335 e. The number of nitrogens with two attached hydrogens (primary N) is 1. The number of carbonyl (C=O) groups excluding carboxylic acids is 1. The van der Waals surface area contributed by atoms with Crippen LogP contribution in [0.3, 0.4) is 0 Å². The predicted octanol–water partition coefficient (Wildman–Crippen LogP) is 3.13. The normalized spacial score (nSPS) is 12.0. The van der Waals surface area contributed by atoms with E-state index in [-0.39, 0.29) is 11.5 Å². The maximum atomic E-state index is 11.9. The number of nitrogens with one attached hydrogen (secondary N) is 1. The van der Waals surface area contributed by atoms with Crippen molar-refractivity contribution in [2.24, 2.45) is 11.7 Å². The van der Waals surface area contributed by atoms with Crippen LogP contribution in [0.5, 0.6) is 0 Å². The van der Waals surface area contributed by atoms with Gasteiger partial charge < -0.3 is 16.2 Å². The Balaban J connectivity index is 2.62. The summed E-state index contributed by atoms with van der Waals surface area (Å²) >= 11 is 5.96. The third-order valence-corrected chi connectivity index (χ3v) is 3.75. The standard InChI is InChI=1S/C15H21ClN2O3/c1-2-10(7-8-17)3-6-14(19)18-13-9-11(15(20)21)4-5-12(13)16/h4-5,9-10H,2-3,6-8,17H2,1H3,(H,18,19)(H,20,21). The Morgan fingerprint density at radius 3 is 2.67 bits per heavy atom. The molecule has 6 heteroatoms. The largest absolute Gasteiger partial charge is 0.478 e. The fraction of sp³-hybridized carbons (Fsp3) is 0.467. The molecule has 1 rings (SSSR count). The highest BCUT2D eigenvalue weighted by molar-refractivity contribution is 6.33. The number of amides is 1. The van der Waals surface area contributed by atoms with Gasteiger partial charge in [-0.3, -0.25) is 4.79 Å². The molecule has 0 saturated heterocycles. The van der Waals surface area contributed by atoms with Crippen molar-refractivity contribution in [1.82, 2.24) is 0 Å². The van der Waals surface area contributed by atoms with Gasteiger partial charge in [-0.05, 0) is 43.5 Å². The first-order chi connectivity index (χ1) is 9.97. The fourth-order valence-corrected chi connectivity index (χ4v) is 2.26. The van der Waals surface area contributed by atoms with Gasteiger partial charge in [0.15, 0.2) is 0 Å². The lowest BCUT2D eigenvalue weighted by Crippen LogP contribution is -2.15. The van der Waals surface area contributed by atoms with E-state index in [1.165, 1.54) is 18.2 Å². The van der Waals surface area contributed by atoms with E-state index >= 15 is 0 Å². The molecule has 0 aromatic heterocycles. The van der Waals surface area contributed by atoms with Gasteiger partial charge in [-0.15, -0.1) is 0 Å². The fourth-order valence-electron chi connectivity index (χ4n) is 2.09. The molecule has 1 amide bonds. The van der Waals surface area contributed by atoms with E-state index in [1.54, 1.807) is 0 Å². The minimum absolute atomic E-state index is 0.0873. The number of hydrogen-bond acceptors (Lipinski definition) is 3. The molecule has 0 heterocycles. The molecule has 0 saturated carbocycles. The summed E-state index contributed by atoms with van der Waals surface area (Å²) in [7, 11) is 0. The van der Waals surface area contributed by atoms with Crippen molar-refractivity contribution in [2.45, 2.75) is 32.6 Å². The zero-order chi connectivity index (χ0) is 15.8. The van der Waals surface area contributed by atoms with Gasteiger partial charge >= 0.3 is 5.97 Å². The van der Waals surface area contributed by atoms with Crippen LogP contribution >= 0.6 is 11.6 Å². The molecular weight excluding hydrogens is 292 g/mol. The molecule has 0 fully saturated rings. The molecule has 1 atom stereocenters. The van der Waals surface area contributed by atoms with E-state index in [4.69, 9.17) is 22.4 Å². The minimum atomic E-state index is -1.06. The van der Waals surface area contributed by atoms with Gasteiger partial charge in [0.2, 0.25) is 5.91 Å². The van der Waals surface area contributed by atoms with Crippen LogP contribution in [0.2, 0.25) is 5.02 Å². The predicted molar refractivity (Wildman–Crippen MR) is 83.7 cm³/mol. The highest BCUT2D eigenvalue weighted by Gasteiger charge is 2.12. The van der Waals surface area contributed by atoms with Crippen molar-refractivity contribution in [3.63, 3.8) is 0 Å². The van der Waals surface area contributed by atoms with Gasteiger partial charge in [0.05, 0.1) is 16.3 Å². The average molecular weight is 313 g/mol. The molecular formula is C15H21ClN2O3. The summed E-state index contributed by atoms with van der Waals surface area (Å²) in [5, 5.41) is 11.9. The molecule has 0 aliphatic rings. The van der Waals surface area contributed by atoms with E-state index in [2.05, 4.69) is 12.2 Å². The molecule has 0 aliphatic heterocycles. The summed E-state index contributed by atoms with van der Waals surface area (Å²) in [6.07, 6.45) is 3.01. The summed E-state index contributed by atoms with van der Waals surface area (Å²) in [5.74, 6) is -0.798. The lowest BCUT2D eigenvalue weighted by Gasteiger charge is -2.13. The first kappa shape index (κ1) is 17.5. The van der Waals surface area contributed by atoms with Crippen molar-refractivity contribution in [3.8, 4) is 0 Å². The Kier molecular flexibility index (Phi) is 7.19. The number of rotatable bonds is 8. The summed E-state index contributed by atoms with van der Waals surface area (Å²) in [6, 6.07) is 4.22. The minimum Gasteiger partial charge on any atom is -0.478 e. The second-order valence-corrected chi connectivity index (χ2v) is 5.35. The Morgan fingerprint density at radius 1 is 1.38 bits per heavy atom. The number of carbonyl (C=O) groups is 2. The Morgan fingerprint density at radius 2 is 2.10 bits per heavy atom. The summed E-state index contributed by atoms with van der Waals surface area (Å²) in [4.78, 5) is 22.8. The summed E-state index contributed by atoms with van der Waals surface area (Å²) < 4.78 is 0. The molecule has 0 bridgehead atoms. The van der Waals surface area contributed by atoms with E-state index in [0.29, 0.717) is 29.6 Å². The molecule has 5 nitrogen and oxygen atoms in total. The molecule has 4 N–H and O–H groups in total. The average Bonchev–Trinajstić information content (AvgIpc) is 2.45. The Hall–Kier alpha value is -1.59. The van der Waals surface area contributed by atoms with Crippen LogP contribution in [-0.4, -0.2) is 23.5 Å². The lowest BCUT2D eigenvalue weighted by atomic mass is 9.96. The maximum absolute atomic E-state index is 11.9. The number of hydrogen-bond donors (Lipinski definition) is 3. The van der Waals surface area contributed by atoms with Gasteiger partial charge in [0, 0.05) is 6.42 Å². The molecule has 21 heavy (non-hydrogen) atoms. The number of carboxylic acid groups (broad SMARTS) is 1.